The first-order valence-corrected chi connectivity index (χ1v) is 9.01. The van der Waals surface area contributed by atoms with Gasteiger partial charge in [-0.05, 0) is 0 Å². The molecule has 2 unspecified atom stereocenters. The highest BCUT2D eigenvalue weighted by atomic mass is 32.2. The zero-order chi connectivity index (χ0) is 16.9. The number of hydrogen-bond donors (Lipinski definition) is 5. The van der Waals surface area contributed by atoms with Crippen molar-refractivity contribution in [3.8, 4) is 0 Å². The van der Waals surface area contributed by atoms with Gasteiger partial charge < -0.3 is 20.9 Å². The predicted molar refractivity (Wildman–Crippen MR) is 93.1 cm³/mol. The van der Waals surface area contributed by atoms with Crippen molar-refractivity contribution in [3.63, 3.8) is 0 Å². The summed E-state index contributed by atoms with van der Waals surface area (Å²) in [5.41, 5.74) is 0. The van der Waals surface area contributed by atoms with Crippen LogP contribution in [-0.2, 0) is 9.59 Å². The highest BCUT2D eigenvalue weighted by Gasteiger charge is 2.36. The number of thioether (sulfide) groups is 1. The number of amidine groups is 1. The van der Waals surface area contributed by atoms with E-state index >= 15 is 0 Å². The van der Waals surface area contributed by atoms with Crippen LogP contribution in [0.3, 0.4) is 0 Å². The molecule has 10 heteroatoms. The monoisotopic (exact) mass is 353 g/mol. The molecule has 1 saturated heterocycles. The summed E-state index contributed by atoms with van der Waals surface area (Å²) < 4.78 is 0. The van der Waals surface area contributed by atoms with Crippen molar-refractivity contribution in [1.82, 2.24) is 31.5 Å². The fraction of sp³-hybridized carbons (Fsp3) is 0.643. The zero-order valence-corrected chi connectivity index (χ0v) is 14.4. The van der Waals surface area contributed by atoms with Crippen molar-refractivity contribution < 1.29 is 9.59 Å². The van der Waals surface area contributed by atoms with Crippen LogP contribution in [0, 0.1) is 0 Å². The number of amides is 2. The van der Waals surface area contributed by atoms with Gasteiger partial charge in [-0.2, -0.15) is 0 Å². The topological polar surface area (TPSA) is 110 Å². The lowest BCUT2D eigenvalue weighted by molar-refractivity contribution is -0.120. The molecule has 1 fully saturated rings. The molecule has 0 aliphatic carbocycles. The standard InChI is InChI=1S/C14H23N7O2S/c1-9(22)15-2-3-16-14(23)10-6-21(4-5-24-10)13-11-12(18-7-17-11)19-8-20-13/h6,11,13,17,20H,2-5,7-8H2,1H3,(H,15,22)(H,16,23)(H,18,19). The zero-order valence-electron chi connectivity index (χ0n) is 13.6. The third-order valence-corrected chi connectivity index (χ3v) is 5.00. The number of carbonyl (C=O) groups is 2. The molecule has 2 atom stereocenters. The van der Waals surface area contributed by atoms with Crippen LogP contribution < -0.4 is 26.6 Å². The van der Waals surface area contributed by atoms with Crippen molar-refractivity contribution in [2.24, 2.45) is 4.99 Å². The molecule has 3 heterocycles. The van der Waals surface area contributed by atoms with Crippen LogP contribution in [0.1, 0.15) is 6.92 Å². The molecular weight excluding hydrogens is 330 g/mol. The van der Waals surface area contributed by atoms with Gasteiger partial charge in [0.2, 0.25) is 5.91 Å². The molecule has 0 aromatic heterocycles. The number of carbonyl (C=O) groups excluding carboxylic acids is 2. The van der Waals surface area contributed by atoms with Crippen molar-refractivity contribution >= 4 is 29.4 Å². The summed E-state index contributed by atoms with van der Waals surface area (Å²) in [7, 11) is 0. The van der Waals surface area contributed by atoms with E-state index in [1.165, 1.54) is 6.92 Å². The quantitative estimate of drug-likeness (QED) is 0.361. The highest BCUT2D eigenvalue weighted by molar-refractivity contribution is 8.04. The Kier molecular flexibility index (Phi) is 5.59. The summed E-state index contributed by atoms with van der Waals surface area (Å²) in [4.78, 5) is 30.4. The van der Waals surface area contributed by atoms with Gasteiger partial charge in [-0.1, -0.05) is 0 Å². The van der Waals surface area contributed by atoms with Crippen LogP contribution in [0.2, 0.25) is 0 Å². The Morgan fingerprint density at radius 1 is 1.38 bits per heavy atom. The molecule has 0 saturated carbocycles. The largest absolute Gasteiger partial charge is 0.360 e. The average Bonchev–Trinajstić information content (AvgIpc) is 3.07. The minimum atomic E-state index is -0.0998. The molecule has 0 aromatic rings. The van der Waals surface area contributed by atoms with Crippen LogP contribution in [0.25, 0.3) is 0 Å². The predicted octanol–water partition coefficient (Wildman–Crippen LogP) is -2.07. The van der Waals surface area contributed by atoms with Crippen LogP contribution in [-0.4, -0.2) is 73.5 Å². The first-order valence-electron chi connectivity index (χ1n) is 8.03. The van der Waals surface area contributed by atoms with E-state index < -0.39 is 0 Å². The number of rotatable bonds is 5. The van der Waals surface area contributed by atoms with Crippen molar-refractivity contribution in [2.75, 3.05) is 38.7 Å². The Balaban J connectivity index is 1.58. The third kappa shape index (κ3) is 4.00. The van der Waals surface area contributed by atoms with Gasteiger partial charge in [0.05, 0.1) is 18.2 Å². The SMILES string of the molecule is CC(=O)NCCNC(=O)C1=CN(C2NCN=C3NCNC32)CCS1. The molecule has 9 nitrogen and oxygen atoms in total. The van der Waals surface area contributed by atoms with Gasteiger partial charge in [0.1, 0.15) is 18.0 Å². The number of hydrogen-bond acceptors (Lipinski definition) is 8. The minimum absolute atomic E-state index is 0.0792. The Morgan fingerprint density at radius 3 is 3.04 bits per heavy atom. The number of fused-ring (bicyclic) bond motifs is 1. The van der Waals surface area contributed by atoms with E-state index in [-0.39, 0.29) is 24.0 Å². The van der Waals surface area contributed by atoms with Crippen molar-refractivity contribution in [2.45, 2.75) is 19.1 Å². The minimum Gasteiger partial charge on any atom is -0.360 e. The average molecular weight is 353 g/mol. The fourth-order valence-corrected chi connectivity index (χ4v) is 3.82. The lowest BCUT2D eigenvalue weighted by atomic mass is 10.1. The molecular formula is C14H23N7O2S. The second kappa shape index (κ2) is 7.86. The van der Waals surface area contributed by atoms with E-state index in [0.717, 1.165) is 18.1 Å². The number of aliphatic imine (C=N–C) groups is 1. The molecule has 0 bridgehead atoms. The second-order valence-corrected chi connectivity index (χ2v) is 6.84. The smallest absolute Gasteiger partial charge is 0.259 e. The van der Waals surface area contributed by atoms with E-state index in [1.54, 1.807) is 11.8 Å². The maximum atomic E-state index is 12.3. The Labute approximate surface area is 145 Å². The number of nitrogens with zero attached hydrogens (tertiary/aromatic N) is 2. The van der Waals surface area contributed by atoms with Crippen molar-refractivity contribution in [3.05, 3.63) is 11.1 Å². The van der Waals surface area contributed by atoms with Crippen LogP contribution in [0.15, 0.2) is 16.1 Å². The Bertz CT molecular complexity index is 565. The molecule has 0 radical (unpaired) electrons. The van der Waals surface area contributed by atoms with E-state index in [2.05, 4.69) is 36.5 Å². The summed E-state index contributed by atoms with van der Waals surface area (Å²) >= 11 is 1.55. The van der Waals surface area contributed by atoms with E-state index in [4.69, 9.17) is 0 Å². The molecule has 3 aliphatic rings. The molecule has 24 heavy (non-hydrogen) atoms. The third-order valence-electron chi connectivity index (χ3n) is 4.01. The maximum absolute atomic E-state index is 12.3. The van der Waals surface area contributed by atoms with E-state index in [0.29, 0.717) is 31.3 Å². The summed E-state index contributed by atoms with van der Waals surface area (Å²) in [5.74, 6) is 1.64. The molecule has 2 amide bonds. The molecule has 3 rings (SSSR count). The molecule has 0 aromatic carbocycles. The lowest BCUT2D eigenvalue weighted by Gasteiger charge is -2.39. The summed E-state index contributed by atoms with van der Waals surface area (Å²) in [6.07, 6.45) is 2.00. The van der Waals surface area contributed by atoms with Crippen LogP contribution in [0.4, 0.5) is 0 Å². The molecule has 132 valence electrons. The normalized spacial score (nSPS) is 26.0. The fourth-order valence-electron chi connectivity index (χ4n) is 2.88. The Hall–Kier alpha value is -1.78. The number of nitrogens with one attached hydrogen (secondary N) is 5. The summed E-state index contributed by atoms with van der Waals surface area (Å²) in [5, 5.41) is 15.5. The summed E-state index contributed by atoms with van der Waals surface area (Å²) in [6.45, 7) is 4.47. The van der Waals surface area contributed by atoms with Gasteiger partial charge in [0, 0.05) is 38.5 Å². The van der Waals surface area contributed by atoms with Crippen LogP contribution >= 0.6 is 11.8 Å². The molecule has 5 N–H and O–H groups in total. The lowest BCUT2D eigenvalue weighted by Crippen LogP contribution is -2.60. The van der Waals surface area contributed by atoms with Crippen molar-refractivity contribution in [1.29, 1.82) is 0 Å². The van der Waals surface area contributed by atoms with Crippen LogP contribution in [0.5, 0.6) is 0 Å². The maximum Gasteiger partial charge on any atom is 0.259 e. The van der Waals surface area contributed by atoms with Gasteiger partial charge in [-0.3, -0.25) is 25.2 Å². The first-order chi connectivity index (χ1) is 11.6. The Morgan fingerprint density at radius 2 is 2.21 bits per heavy atom. The van der Waals surface area contributed by atoms with E-state index in [1.807, 2.05) is 6.20 Å². The van der Waals surface area contributed by atoms with Gasteiger partial charge in [-0.15, -0.1) is 11.8 Å². The highest BCUT2D eigenvalue weighted by Crippen LogP contribution is 2.24. The first kappa shape index (κ1) is 17.1. The summed E-state index contributed by atoms with van der Waals surface area (Å²) in [6, 6.07) is 0.113. The van der Waals surface area contributed by atoms with E-state index in [9.17, 15) is 9.59 Å². The van der Waals surface area contributed by atoms with Gasteiger partial charge in [0.25, 0.3) is 5.91 Å². The van der Waals surface area contributed by atoms with Gasteiger partial charge in [-0.25, -0.2) is 0 Å². The van der Waals surface area contributed by atoms with Gasteiger partial charge >= 0.3 is 0 Å². The second-order valence-electron chi connectivity index (χ2n) is 5.70. The molecule has 0 spiro atoms. The molecule has 3 aliphatic heterocycles. The van der Waals surface area contributed by atoms with Gasteiger partial charge in [0.15, 0.2) is 0 Å².